The molecule has 7 aliphatic rings. The number of anilines is 3. The molecule has 7 aliphatic carbocycles. The lowest BCUT2D eigenvalue weighted by atomic mass is 9.36. The van der Waals surface area contributed by atoms with E-state index in [-0.39, 0.29) is 10.8 Å². The van der Waals surface area contributed by atoms with Crippen LogP contribution < -0.4 is 4.90 Å². The first-order chi connectivity index (χ1) is 28.4. The number of furan rings is 1. The van der Waals surface area contributed by atoms with E-state index in [2.05, 4.69) is 164 Å². The van der Waals surface area contributed by atoms with Crippen molar-refractivity contribution in [3.8, 4) is 33.4 Å². The molecule has 58 heavy (non-hydrogen) atoms. The quantitative estimate of drug-likeness (QED) is 0.178. The second kappa shape index (κ2) is 10.8. The molecule has 2 nitrogen and oxygen atoms in total. The molecular formula is C56H45NO. The largest absolute Gasteiger partial charge is 0.456 e. The molecule has 2 heteroatoms. The third kappa shape index (κ3) is 3.77. The number of hydrogen-bond donors (Lipinski definition) is 0. The number of benzene rings is 7. The number of fused-ring (bicyclic) bond motifs is 9. The lowest BCUT2D eigenvalue weighted by Crippen LogP contribution is -2.62. The number of nitrogens with zero attached hydrogens (tertiary/aromatic N) is 1. The molecule has 8 aromatic rings. The van der Waals surface area contributed by atoms with Crippen molar-refractivity contribution in [2.24, 2.45) is 29.1 Å². The van der Waals surface area contributed by atoms with Crippen molar-refractivity contribution in [3.63, 3.8) is 0 Å². The van der Waals surface area contributed by atoms with Crippen LogP contribution in [-0.4, -0.2) is 0 Å². The molecule has 15 rings (SSSR count). The molecule has 7 aromatic carbocycles. The van der Waals surface area contributed by atoms with Crippen molar-refractivity contribution in [1.82, 2.24) is 0 Å². The molecule has 5 fully saturated rings. The zero-order valence-corrected chi connectivity index (χ0v) is 33.1. The van der Waals surface area contributed by atoms with Crippen LogP contribution in [0.1, 0.15) is 68.2 Å². The minimum atomic E-state index is -0.0864. The third-order valence-corrected chi connectivity index (χ3v) is 16.7. The lowest BCUT2D eigenvalue weighted by molar-refractivity contribution is -0.140. The van der Waals surface area contributed by atoms with E-state index >= 15 is 0 Å². The summed E-state index contributed by atoms with van der Waals surface area (Å²) in [5, 5.41) is 2.33. The second-order valence-electron chi connectivity index (χ2n) is 19.4. The molecule has 0 amide bonds. The zero-order valence-electron chi connectivity index (χ0n) is 33.1. The van der Waals surface area contributed by atoms with Crippen LogP contribution in [0.4, 0.5) is 17.1 Å². The van der Waals surface area contributed by atoms with E-state index < -0.39 is 0 Å². The van der Waals surface area contributed by atoms with Gasteiger partial charge in [-0.3, -0.25) is 0 Å². The average Bonchev–Trinajstić information content (AvgIpc) is 3.85. The smallest absolute Gasteiger partial charge is 0.136 e. The number of rotatable bonds is 4. The van der Waals surface area contributed by atoms with Gasteiger partial charge in [0.05, 0.1) is 0 Å². The van der Waals surface area contributed by atoms with Crippen LogP contribution >= 0.6 is 0 Å². The van der Waals surface area contributed by atoms with Gasteiger partial charge in [-0.25, -0.2) is 0 Å². The van der Waals surface area contributed by atoms with Crippen molar-refractivity contribution < 1.29 is 4.42 Å². The van der Waals surface area contributed by atoms with Crippen LogP contribution in [-0.2, 0) is 10.8 Å². The molecular weight excluding hydrogens is 703 g/mol. The number of para-hydroxylation sites is 1. The molecule has 4 bridgehead atoms. The Bertz CT molecular complexity index is 3070. The van der Waals surface area contributed by atoms with Crippen LogP contribution in [0.2, 0.25) is 0 Å². The molecule has 6 atom stereocenters. The fourth-order valence-corrected chi connectivity index (χ4v) is 14.7. The highest BCUT2D eigenvalue weighted by Gasteiger charge is 2.78. The molecule has 2 spiro atoms. The summed E-state index contributed by atoms with van der Waals surface area (Å²) >= 11 is 0. The highest BCUT2D eigenvalue weighted by atomic mass is 16.3. The fourth-order valence-electron chi connectivity index (χ4n) is 14.7. The number of hydrogen-bond acceptors (Lipinski definition) is 2. The minimum Gasteiger partial charge on any atom is -0.456 e. The van der Waals surface area contributed by atoms with Crippen molar-refractivity contribution in [1.29, 1.82) is 0 Å². The maximum atomic E-state index is 6.31. The maximum absolute atomic E-state index is 6.31. The Morgan fingerprint density at radius 2 is 1.14 bits per heavy atom. The van der Waals surface area contributed by atoms with Gasteiger partial charge in [0.2, 0.25) is 0 Å². The third-order valence-electron chi connectivity index (χ3n) is 16.7. The van der Waals surface area contributed by atoms with Crippen LogP contribution in [0.15, 0.2) is 156 Å². The zero-order chi connectivity index (χ0) is 38.1. The van der Waals surface area contributed by atoms with Crippen molar-refractivity contribution in [2.75, 3.05) is 4.90 Å². The molecule has 6 unspecified atom stereocenters. The monoisotopic (exact) mass is 747 g/mol. The van der Waals surface area contributed by atoms with Gasteiger partial charge in [-0.2, -0.15) is 0 Å². The molecule has 0 aliphatic heterocycles. The maximum Gasteiger partial charge on any atom is 0.136 e. The standard InChI is InChI=1S/C56H45NO/c1-54(2)47-12-6-3-9-41(47)43-23-20-39(29-50(43)54)57(38-18-15-34(16-19-38)35-17-22-46-45-11-5-8-14-52(45)58-53(46)27-35)40-21-24-44-42-10-4-7-13-48(42)56(51(44)30-40)37-26-33-25-36-32-55(56,31-33)49(36)28-37/h3-24,27,29-30,33,36-37,49H,25-26,28,31-32H2,1-2H3. The van der Waals surface area contributed by atoms with Crippen LogP contribution in [0, 0.1) is 29.1 Å². The van der Waals surface area contributed by atoms with E-state index in [0.29, 0.717) is 5.41 Å². The average molecular weight is 748 g/mol. The van der Waals surface area contributed by atoms with Gasteiger partial charge in [-0.05, 0) is 171 Å². The Labute approximate surface area is 340 Å². The first-order valence-corrected chi connectivity index (χ1v) is 21.7. The van der Waals surface area contributed by atoms with Gasteiger partial charge in [-0.15, -0.1) is 0 Å². The summed E-state index contributed by atoms with van der Waals surface area (Å²) in [4.78, 5) is 2.56. The Kier molecular flexibility index (Phi) is 5.98. The van der Waals surface area contributed by atoms with Crippen molar-refractivity contribution >= 4 is 39.0 Å². The first-order valence-electron chi connectivity index (χ1n) is 21.7. The Morgan fingerprint density at radius 3 is 1.97 bits per heavy atom. The van der Waals surface area contributed by atoms with Crippen molar-refractivity contribution in [3.05, 3.63) is 174 Å². The Morgan fingerprint density at radius 1 is 0.500 bits per heavy atom. The van der Waals surface area contributed by atoms with Crippen LogP contribution in [0.25, 0.3) is 55.3 Å². The van der Waals surface area contributed by atoms with Gasteiger partial charge < -0.3 is 9.32 Å². The van der Waals surface area contributed by atoms with Gasteiger partial charge in [0, 0.05) is 38.7 Å². The van der Waals surface area contributed by atoms with Crippen LogP contribution in [0.5, 0.6) is 0 Å². The minimum absolute atomic E-state index is 0.0864. The summed E-state index contributed by atoms with van der Waals surface area (Å²) in [6, 6.07) is 57.7. The van der Waals surface area contributed by atoms with E-state index in [0.717, 1.165) is 40.2 Å². The molecule has 0 radical (unpaired) electrons. The van der Waals surface area contributed by atoms with E-state index in [1.807, 2.05) is 6.07 Å². The summed E-state index contributed by atoms with van der Waals surface area (Å²) in [5.41, 5.74) is 20.1. The highest BCUT2D eigenvalue weighted by Crippen LogP contribution is 2.84. The van der Waals surface area contributed by atoms with Crippen molar-refractivity contribution in [2.45, 2.75) is 56.8 Å². The lowest BCUT2D eigenvalue weighted by Gasteiger charge is -2.67. The fraction of sp³-hybridized carbons (Fsp3) is 0.250. The van der Waals surface area contributed by atoms with Gasteiger partial charge >= 0.3 is 0 Å². The summed E-state index contributed by atoms with van der Waals surface area (Å²) in [5.74, 6) is 3.50. The molecule has 280 valence electrons. The van der Waals surface area contributed by atoms with Crippen LogP contribution in [0.3, 0.4) is 0 Å². The second-order valence-corrected chi connectivity index (χ2v) is 19.4. The summed E-state index contributed by atoms with van der Waals surface area (Å²) < 4.78 is 6.31. The summed E-state index contributed by atoms with van der Waals surface area (Å²) in [6.45, 7) is 4.79. The van der Waals surface area contributed by atoms with Gasteiger partial charge in [0.25, 0.3) is 0 Å². The molecule has 1 aromatic heterocycles. The first kappa shape index (κ1) is 32.1. The summed E-state index contributed by atoms with van der Waals surface area (Å²) in [6.07, 6.45) is 7.16. The predicted molar refractivity (Wildman–Crippen MR) is 237 cm³/mol. The Hall–Kier alpha value is -5.86. The van der Waals surface area contributed by atoms with E-state index in [4.69, 9.17) is 4.42 Å². The van der Waals surface area contributed by atoms with E-state index in [9.17, 15) is 0 Å². The summed E-state index contributed by atoms with van der Waals surface area (Å²) in [7, 11) is 0. The van der Waals surface area contributed by atoms with E-state index in [1.54, 1.807) is 11.1 Å². The van der Waals surface area contributed by atoms with Gasteiger partial charge in [0.1, 0.15) is 11.2 Å². The van der Waals surface area contributed by atoms with Gasteiger partial charge in [0.15, 0.2) is 0 Å². The molecule has 5 saturated carbocycles. The molecule has 1 heterocycles. The highest BCUT2D eigenvalue weighted by molar-refractivity contribution is 6.06. The van der Waals surface area contributed by atoms with E-state index in [1.165, 1.54) is 99.1 Å². The topological polar surface area (TPSA) is 16.4 Å². The SMILES string of the molecule is CC1(C)c2ccccc2-c2ccc(N(c3ccc(-c4ccc5c(c4)oc4ccccc45)cc3)c3ccc4c(c3)C3(c5ccccc5-4)C4CC5CC6CC3(C5)C6C4)cc21. The predicted octanol–water partition coefficient (Wildman–Crippen LogP) is 14.8. The molecule has 0 N–H and O–H groups in total. The molecule has 0 saturated heterocycles. The normalized spacial score (nSPS) is 27.1. The Balaban J connectivity index is 0.943. The van der Waals surface area contributed by atoms with Gasteiger partial charge in [-0.1, -0.05) is 111 Å².